The first-order valence-corrected chi connectivity index (χ1v) is 5.98. The molecule has 0 spiro atoms. The molecular formula is C13H25+. The van der Waals surface area contributed by atoms with E-state index in [9.17, 15) is 0 Å². The number of rotatable bonds is 6. The second-order valence-electron chi connectivity index (χ2n) is 4.91. The van der Waals surface area contributed by atoms with Gasteiger partial charge in [0.15, 0.2) is 0 Å². The first kappa shape index (κ1) is 10.9. The molecule has 0 aromatic rings. The van der Waals surface area contributed by atoms with Crippen molar-refractivity contribution in [3.63, 3.8) is 0 Å². The summed E-state index contributed by atoms with van der Waals surface area (Å²) in [7, 11) is 0. The predicted molar refractivity (Wildman–Crippen MR) is 59.4 cm³/mol. The first-order chi connectivity index (χ1) is 6.20. The van der Waals surface area contributed by atoms with E-state index in [1.165, 1.54) is 25.7 Å². The van der Waals surface area contributed by atoms with Crippen LogP contribution in [0.4, 0.5) is 0 Å². The fourth-order valence-electron chi connectivity index (χ4n) is 2.72. The molecule has 13 heavy (non-hydrogen) atoms. The molecule has 0 N–H and O–H groups in total. The quantitative estimate of drug-likeness (QED) is 0.536. The van der Waals surface area contributed by atoms with E-state index in [0.29, 0.717) is 0 Å². The highest BCUT2D eigenvalue weighted by Crippen LogP contribution is 2.48. The molecule has 0 heteroatoms. The van der Waals surface area contributed by atoms with E-state index < -0.39 is 0 Å². The van der Waals surface area contributed by atoms with Gasteiger partial charge >= 0.3 is 0 Å². The van der Waals surface area contributed by atoms with Crippen molar-refractivity contribution in [3.05, 3.63) is 6.42 Å². The lowest BCUT2D eigenvalue weighted by Crippen LogP contribution is -2.13. The van der Waals surface area contributed by atoms with Gasteiger partial charge in [0.25, 0.3) is 0 Å². The average molecular weight is 181 g/mol. The molecule has 4 unspecified atom stereocenters. The lowest BCUT2D eigenvalue weighted by Gasteiger charge is -2.21. The van der Waals surface area contributed by atoms with Crippen LogP contribution in [-0.2, 0) is 0 Å². The van der Waals surface area contributed by atoms with Crippen LogP contribution in [0.3, 0.4) is 0 Å². The van der Waals surface area contributed by atoms with Crippen LogP contribution in [0.1, 0.15) is 53.4 Å². The van der Waals surface area contributed by atoms with E-state index in [-0.39, 0.29) is 0 Å². The number of hydrogen-bond acceptors (Lipinski definition) is 0. The molecule has 0 heterocycles. The van der Waals surface area contributed by atoms with Crippen LogP contribution in [0, 0.1) is 30.1 Å². The molecule has 0 radical (unpaired) electrons. The largest absolute Gasteiger partial charge is 0.0875 e. The smallest absolute Gasteiger partial charge is 0.0651 e. The van der Waals surface area contributed by atoms with Crippen molar-refractivity contribution in [2.75, 3.05) is 0 Å². The third-order valence-corrected chi connectivity index (χ3v) is 3.83. The van der Waals surface area contributed by atoms with Crippen molar-refractivity contribution in [1.82, 2.24) is 0 Å². The summed E-state index contributed by atoms with van der Waals surface area (Å²) in [5.41, 5.74) is 0. The van der Waals surface area contributed by atoms with Gasteiger partial charge < -0.3 is 0 Å². The van der Waals surface area contributed by atoms with Gasteiger partial charge in [0, 0.05) is 0 Å². The Labute approximate surface area is 84.1 Å². The third kappa shape index (κ3) is 2.93. The summed E-state index contributed by atoms with van der Waals surface area (Å²) >= 11 is 0. The Morgan fingerprint density at radius 3 is 2.46 bits per heavy atom. The molecule has 0 aliphatic heterocycles. The van der Waals surface area contributed by atoms with E-state index in [4.69, 9.17) is 0 Å². The highest BCUT2D eigenvalue weighted by molar-refractivity contribution is 4.89. The van der Waals surface area contributed by atoms with Crippen LogP contribution in [0.2, 0.25) is 0 Å². The molecule has 0 nitrogen and oxygen atoms in total. The van der Waals surface area contributed by atoms with E-state index in [0.717, 1.165) is 23.7 Å². The molecule has 1 aliphatic rings. The molecule has 0 bridgehead atoms. The zero-order chi connectivity index (χ0) is 9.84. The minimum absolute atomic E-state index is 0.941. The van der Waals surface area contributed by atoms with Gasteiger partial charge in [-0.15, -0.1) is 0 Å². The van der Waals surface area contributed by atoms with Crippen molar-refractivity contribution in [1.29, 1.82) is 0 Å². The van der Waals surface area contributed by atoms with E-state index >= 15 is 0 Å². The number of unbranched alkanes of at least 4 members (excludes halogenated alkanes) is 1. The van der Waals surface area contributed by atoms with Crippen LogP contribution >= 0.6 is 0 Å². The maximum Gasteiger partial charge on any atom is 0.0875 e. The van der Waals surface area contributed by atoms with Crippen LogP contribution < -0.4 is 0 Å². The summed E-state index contributed by atoms with van der Waals surface area (Å²) in [6.45, 7) is 9.39. The van der Waals surface area contributed by atoms with Gasteiger partial charge in [-0.1, -0.05) is 27.2 Å². The molecule has 1 rings (SSSR count). The minimum atomic E-state index is 0.941. The third-order valence-electron chi connectivity index (χ3n) is 3.83. The Bertz CT molecular complexity index is 139. The zero-order valence-electron chi connectivity index (χ0n) is 9.72. The van der Waals surface area contributed by atoms with E-state index in [1.54, 1.807) is 0 Å². The maximum atomic E-state index is 2.45. The summed E-state index contributed by atoms with van der Waals surface area (Å²) < 4.78 is 0. The van der Waals surface area contributed by atoms with Crippen LogP contribution in [-0.4, -0.2) is 0 Å². The Kier molecular flexibility index (Phi) is 4.15. The van der Waals surface area contributed by atoms with Gasteiger partial charge in [-0.2, -0.15) is 0 Å². The molecular weight excluding hydrogens is 156 g/mol. The molecule has 0 amide bonds. The van der Waals surface area contributed by atoms with Crippen LogP contribution in [0.15, 0.2) is 0 Å². The molecule has 1 fully saturated rings. The molecule has 0 aromatic heterocycles. The summed E-state index contributed by atoms with van der Waals surface area (Å²) in [6, 6.07) is 0. The van der Waals surface area contributed by atoms with Gasteiger partial charge in [0.2, 0.25) is 0 Å². The fourth-order valence-corrected chi connectivity index (χ4v) is 2.72. The maximum absolute atomic E-state index is 2.45. The topological polar surface area (TPSA) is 0 Å². The van der Waals surface area contributed by atoms with Gasteiger partial charge in [0.05, 0.1) is 19.8 Å². The molecule has 1 aliphatic carbocycles. The van der Waals surface area contributed by atoms with Gasteiger partial charge in [-0.25, -0.2) is 0 Å². The highest BCUT2D eigenvalue weighted by atomic mass is 14.4. The zero-order valence-corrected chi connectivity index (χ0v) is 9.72. The summed E-state index contributed by atoms with van der Waals surface area (Å²) in [4.78, 5) is 0. The van der Waals surface area contributed by atoms with Crippen LogP contribution in [0.5, 0.6) is 0 Å². The second kappa shape index (κ2) is 4.93. The van der Waals surface area contributed by atoms with E-state index in [1.807, 2.05) is 0 Å². The summed E-state index contributed by atoms with van der Waals surface area (Å²) in [5.74, 6) is 4.04. The molecule has 0 aromatic carbocycles. The van der Waals surface area contributed by atoms with Gasteiger partial charge in [0.1, 0.15) is 0 Å². The standard InChI is InChI=1S/C13H25/c1-5-7-8-10(3)12(6-2)13-9-11(13)4/h5,10-13H,6-9H2,1-4H3/q+1. The Morgan fingerprint density at radius 1 is 1.46 bits per heavy atom. The first-order valence-electron chi connectivity index (χ1n) is 5.98. The van der Waals surface area contributed by atoms with E-state index in [2.05, 4.69) is 34.1 Å². The van der Waals surface area contributed by atoms with Crippen molar-refractivity contribution in [2.45, 2.75) is 53.4 Å². The fraction of sp³-hybridized carbons (Fsp3) is 0.923. The minimum Gasteiger partial charge on any atom is -0.0651 e. The summed E-state index contributed by atoms with van der Waals surface area (Å²) in [5, 5.41) is 0. The van der Waals surface area contributed by atoms with Crippen molar-refractivity contribution in [3.8, 4) is 0 Å². The highest BCUT2D eigenvalue weighted by Gasteiger charge is 2.40. The SMILES string of the molecule is C[CH+]CCC(C)C(CC)C1CC1C. The molecule has 76 valence electrons. The molecule has 0 saturated heterocycles. The average Bonchev–Trinajstić information content (AvgIpc) is 2.80. The second-order valence-corrected chi connectivity index (χ2v) is 4.91. The lowest BCUT2D eigenvalue weighted by atomic mass is 9.83. The lowest BCUT2D eigenvalue weighted by molar-refractivity contribution is 0.281. The van der Waals surface area contributed by atoms with Gasteiger partial charge in [-0.05, 0) is 36.5 Å². The van der Waals surface area contributed by atoms with Crippen LogP contribution in [0.25, 0.3) is 0 Å². The Hall–Kier alpha value is -0.130. The molecule has 4 atom stereocenters. The number of hydrogen-bond donors (Lipinski definition) is 0. The Balaban J connectivity index is 2.28. The normalized spacial score (nSPS) is 31.1. The van der Waals surface area contributed by atoms with Crippen molar-refractivity contribution < 1.29 is 0 Å². The monoisotopic (exact) mass is 181 g/mol. The van der Waals surface area contributed by atoms with Crippen molar-refractivity contribution >= 4 is 0 Å². The predicted octanol–water partition coefficient (Wildman–Crippen LogP) is 4.31. The Morgan fingerprint density at radius 2 is 2.08 bits per heavy atom. The van der Waals surface area contributed by atoms with Crippen molar-refractivity contribution in [2.24, 2.45) is 23.7 Å². The molecule has 1 saturated carbocycles. The summed E-state index contributed by atoms with van der Waals surface area (Å²) in [6.07, 6.45) is 7.90. The van der Waals surface area contributed by atoms with Gasteiger partial charge in [-0.3, -0.25) is 0 Å².